The van der Waals surface area contributed by atoms with Crippen LogP contribution in [0.1, 0.15) is 34.3 Å². The molecule has 0 amide bonds. The number of aryl methyl sites for hydroxylation is 1. The highest BCUT2D eigenvalue weighted by Crippen LogP contribution is 2.34. The van der Waals surface area contributed by atoms with Crippen molar-refractivity contribution in [1.29, 1.82) is 0 Å². The summed E-state index contributed by atoms with van der Waals surface area (Å²) in [6.45, 7) is 0. The number of aliphatic hydroxyl groups excluding tert-OH is 1. The van der Waals surface area contributed by atoms with Gasteiger partial charge in [0.1, 0.15) is 0 Å². The maximum atomic E-state index is 13.3. The molecule has 1 aliphatic rings. The van der Waals surface area contributed by atoms with Gasteiger partial charge < -0.3 is 15.2 Å². The summed E-state index contributed by atoms with van der Waals surface area (Å²) >= 11 is 0. The lowest BCUT2D eigenvalue weighted by molar-refractivity contribution is 0.0685. The third-order valence-electron chi connectivity index (χ3n) is 2.27. The number of carboxylic acid groups (broad SMARTS) is 1. The Morgan fingerprint density at radius 3 is 2.85 bits per heavy atom. The molecule has 0 spiro atoms. The normalized spacial score (nSPS) is 20.3. The van der Waals surface area contributed by atoms with Gasteiger partial charge in [0.25, 0.3) is 0 Å². The number of aliphatic hydroxyl groups is 1. The lowest BCUT2D eigenvalue weighted by Gasteiger charge is -1.99. The fraction of sp³-hybridized carbons (Fsp3) is 0.375. The molecule has 2 rings (SSSR count). The zero-order valence-corrected chi connectivity index (χ0v) is 6.67. The van der Waals surface area contributed by atoms with Crippen LogP contribution in [0.4, 0.5) is 4.39 Å². The van der Waals surface area contributed by atoms with Crippen LogP contribution in [0.2, 0.25) is 0 Å². The van der Waals surface area contributed by atoms with E-state index in [1.165, 1.54) is 0 Å². The van der Waals surface area contributed by atoms with Gasteiger partial charge in [-0.1, -0.05) is 0 Å². The van der Waals surface area contributed by atoms with Crippen LogP contribution < -0.4 is 0 Å². The van der Waals surface area contributed by atoms with Gasteiger partial charge in [-0.25, -0.2) is 9.18 Å². The molecule has 1 aromatic heterocycles. The Kier molecular flexibility index (Phi) is 1.63. The Morgan fingerprint density at radius 2 is 2.31 bits per heavy atom. The maximum absolute atomic E-state index is 13.3. The minimum absolute atomic E-state index is 0.123. The number of hydrogen-bond donors (Lipinski definition) is 3. The molecule has 0 saturated heterocycles. The van der Waals surface area contributed by atoms with E-state index in [1.807, 2.05) is 0 Å². The quantitative estimate of drug-likeness (QED) is 0.606. The van der Waals surface area contributed by atoms with Gasteiger partial charge in [0.2, 0.25) is 0 Å². The third kappa shape index (κ3) is 1.04. The zero-order chi connectivity index (χ0) is 9.59. The van der Waals surface area contributed by atoms with Crippen LogP contribution >= 0.6 is 0 Å². The molecule has 1 atom stereocenters. The molecule has 70 valence electrons. The average molecular weight is 185 g/mol. The van der Waals surface area contributed by atoms with Gasteiger partial charge in [0.15, 0.2) is 11.5 Å². The first-order valence-electron chi connectivity index (χ1n) is 3.93. The Morgan fingerprint density at radius 1 is 1.62 bits per heavy atom. The van der Waals surface area contributed by atoms with Crippen molar-refractivity contribution in [3.05, 3.63) is 22.8 Å². The van der Waals surface area contributed by atoms with Crippen LogP contribution in [-0.4, -0.2) is 21.2 Å². The van der Waals surface area contributed by atoms with E-state index in [0.29, 0.717) is 18.5 Å². The molecule has 3 N–H and O–H groups in total. The van der Waals surface area contributed by atoms with Crippen molar-refractivity contribution in [3.8, 4) is 0 Å². The molecule has 1 aromatic rings. The van der Waals surface area contributed by atoms with Crippen molar-refractivity contribution in [2.75, 3.05) is 0 Å². The van der Waals surface area contributed by atoms with Gasteiger partial charge >= 0.3 is 5.97 Å². The highest BCUT2D eigenvalue weighted by atomic mass is 19.1. The maximum Gasteiger partial charge on any atom is 0.355 e. The summed E-state index contributed by atoms with van der Waals surface area (Å²) in [7, 11) is 0. The first kappa shape index (κ1) is 8.25. The Bertz CT molecular complexity index is 372. The summed E-state index contributed by atoms with van der Waals surface area (Å²) < 4.78 is 13.3. The number of halogens is 1. The largest absolute Gasteiger partial charge is 0.476 e. The van der Waals surface area contributed by atoms with E-state index in [0.717, 1.165) is 0 Å². The summed E-state index contributed by atoms with van der Waals surface area (Å²) in [5.74, 6) is -2.16. The molecular formula is C8H8FNO3. The highest BCUT2D eigenvalue weighted by molar-refractivity contribution is 5.86. The second kappa shape index (κ2) is 2.56. The fourth-order valence-corrected chi connectivity index (χ4v) is 1.66. The number of nitrogens with one attached hydrogen (secondary N) is 1. The van der Waals surface area contributed by atoms with Crippen LogP contribution in [0.15, 0.2) is 0 Å². The van der Waals surface area contributed by atoms with E-state index in [4.69, 9.17) is 5.11 Å². The number of carbonyl (C=O) groups is 1. The van der Waals surface area contributed by atoms with Gasteiger partial charge in [-0.05, 0) is 12.8 Å². The summed E-state index contributed by atoms with van der Waals surface area (Å²) in [4.78, 5) is 12.9. The van der Waals surface area contributed by atoms with E-state index < -0.39 is 23.6 Å². The Hall–Kier alpha value is -1.36. The van der Waals surface area contributed by atoms with Crippen LogP contribution in [0.25, 0.3) is 0 Å². The number of hydrogen-bond acceptors (Lipinski definition) is 2. The minimum Gasteiger partial charge on any atom is -0.476 e. The molecule has 1 heterocycles. The van der Waals surface area contributed by atoms with Crippen molar-refractivity contribution in [2.45, 2.75) is 18.9 Å². The van der Waals surface area contributed by atoms with Crippen molar-refractivity contribution in [3.63, 3.8) is 0 Å². The molecule has 0 saturated carbocycles. The lowest BCUT2D eigenvalue weighted by atomic mass is 10.2. The third-order valence-corrected chi connectivity index (χ3v) is 2.27. The molecule has 13 heavy (non-hydrogen) atoms. The number of H-pyrrole nitrogens is 1. The van der Waals surface area contributed by atoms with Crippen molar-refractivity contribution in [2.24, 2.45) is 0 Å². The van der Waals surface area contributed by atoms with Crippen molar-refractivity contribution in [1.82, 2.24) is 4.98 Å². The number of fused-ring (bicyclic) bond motifs is 1. The molecule has 1 aliphatic carbocycles. The first-order chi connectivity index (χ1) is 6.11. The van der Waals surface area contributed by atoms with E-state index in [-0.39, 0.29) is 5.56 Å². The average Bonchev–Trinajstić information content (AvgIpc) is 2.55. The van der Waals surface area contributed by atoms with E-state index in [2.05, 4.69) is 4.98 Å². The molecule has 0 bridgehead atoms. The number of aromatic nitrogens is 1. The van der Waals surface area contributed by atoms with Gasteiger partial charge in [-0.3, -0.25) is 0 Å². The SMILES string of the molecule is O=C(O)c1[nH]c2c(c1F)[C@@H](O)CC2. The zero-order valence-electron chi connectivity index (χ0n) is 6.67. The molecule has 5 heteroatoms. The predicted octanol–water partition coefficient (Wildman–Crippen LogP) is 0.832. The molecule has 0 radical (unpaired) electrons. The van der Waals surface area contributed by atoms with E-state index >= 15 is 0 Å². The number of aromatic amines is 1. The molecule has 0 fully saturated rings. The molecular weight excluding hydrogens is 177 g/mol. The van der Waals surface area contributed by atoms with Gasteiger partial charge in [-0.2, -0.15) is 0 Å². The predicted molar refractivity (Wildman–Crippen MR) is 41.0 cm³/mol. The summed E-state index contributed by atoms with van der Waals surface area (Å²) in [6, 6.07) is 0. The Labute approximate surface area is 73.0 Å². The van der Waals surface area contributed by atoms with Gasteiger partial charge in [0, 0.05) is 11.3 Å². The van der Waals surface area contributed by atoms with Crippen molar-refractivity contribution < 1.29 is 19.4 Å². The molecule has 0 aliphatic heterocycles. The van der Waals surface area contributed by atoms with Crippen LogP contribution in [-0.2, 0) is 6.42 Å². The van der Waals surface area contributed by atoms with Crippen LogP contribution in [0, 0.1) is 5.82 Å². The summed E-state index contributed by atoms with van der Waals surface area (Å²) in [5.41, 5.74) is 0.170. The summed E-state index contributed by atoms with van der Waals surface area (Å²) in [5, 5.41) is 17.9. The van der Waals surface area contributed by atoms with Crippen molar-refractivity contribution >= 4 is 5.97 Å². The molecule has 0 unspecified atom stereocenters. The number of carboxylic acids is 1. The van der Waals surface area contributed by atoms with Crippen LogP contribution in [0.5, 0.6) is 0 Å². The standard InChI is InChI=1S/C8H8FNO3/c9-6-5-3(1-2-4(5)11)10-7(6)8(12)13/h4,10-11H,1-2H2,(H,12,13)/t4-/m0/s1. The first-order valence-corrected chi connectivity index (χ1v) is 3.93. The fourth-order valence-electron chi connectivity index (χ4n) is 1.66. The number of aromatic carboxylic acids is 1. The van der Waals surface area contributed by atoms with Gasteiger partial charge in [0.05, 0.1) is 6.10 Å². The monoisotopic (exact) mass is 185 g/mol. The second-order valence-electron chi connectivity index (χ2n) is 3.07. The minimum atomic E-state index is -1.33. The lowest BCUT2D eigenvalue weighted by Crippen LogP contribution is -2.02. The second-order valence-corrected chi connectivity index (χ2v) is 3.07. The topological polar surface area (TPSA) is 73.3 Å². The van der Waals surface area contributed by atoms with E-state index in [9.17, 15) is 14.3 Å². The highest BCUT2D eigenvalue weighted by Gasteiger charge is 2.30. The van der Waals surface area contributed by atoms with E-state index in [1.54, 1.807) is 0 Å². The number of rotatable bonds is 1. The molecule has 4 nitrogen and oxygen atoms in total. The van der Waals surface area contributed by atoms with Crippen LogP contribution in [0.3, 0.4) is 0 Å². The smallest absolute Gasteiger partial charge is 0.355 e. The summed E-state index contributed by atoms with van der Waals surface area (Å²) in [6.07, 6.45) is 0.0953. The van der Waals surface area contributed by atoms with Gasteiger partial charge in [-0.15, -0.1) is 0 Å². The Balaban J connectivity index is 2.56. The molecule has 0 aromatic carbocycles.